The molecule has 19 heteroatoms. The summed E-state index contributed by atoms with van der Waals surface area (Å²) in [5.74, 6) is -1.49. The number of nitrogens with one attached hydrogen (secondary N) is 2. The molecule has 0 bridgehead atoms. The van der Waals surface area contributed by atoms with Crippen molar-refractivity contribution >= 4 is 87.2 Å². The maximum Gasteiger partial charge on any atom is 0.221 e. The van der Waals surface area contributed by atoms with E-state index in [1.54, 1.807) is 48.5 Å². The molecule has 2 amide bonds. The van der Waals surface area contributed by atoms with E-state index in [0.29, 0.717) is 32.9 Å². The van der Waals surface area contributed by atoms with Gasteiger partial charge in [-0.1, -0.05) is 36.4 Å². The molecule has 0 saturated carbocycles. The van der Waals surface area contributed by atoms with Crippen molar-refractivity contribution in [1.29, 1.82) is 0 Å². The van der Waals surface area contributed by atoms with Gasteiger partial charge in [0.1, 0.15) is 45.7 Å². The average molecular weight is 851 g/mol. The van der Waals surface area contributed by atoms with Gasteiger partial charge in [0, 0.05) is 54.5 Å². The Kier molecular flexibility index (Phi) is 13.4. The van der Waals surface area contributed by atoms with Crippen LogP contribution in [-0.2, 0) is 46.6 Å². The summed E-state index contributed by atoms with van der Waals surface area (Å²) in [6.45, 7) is 2.72. The van der Waals surface area contributed by atoms with Crippen LogP contribution in [0.25, 0.3) is 21.5 Å². The molecule has 6 rings (SSSR count). The van der Waals surface area contributed by atoms with Crippen LogP contribution in [0.3, 0.4) is 0 Å². The maximum absolute atomic E-state index is 11.7. The Hall–Kier alpha value is -6.39. The van der Waals surface area contributed by atoms with Crippen LogP contribution in [0.15, 0.2) is 127 Å². The standard InChI is InChI=1S/2C19H17N3O5S.Cr/c2*1-11(23)20-14-5-3-4-12-6-8-17(25)19(18(12)14)22-21-15-10-13(28(2,26)27)7-9-16(15)24;/h2*3-10,24-25H,1-2H3,(H,20,23);. The molecule has 0 aliphatic rings. The normalized spacial score (nSPS) is 11.6. The number of phenolic OH excluding ortho intramolecular Hbond substituents is 4. The summed E-state index contributed by atoms with van der Waals surface area (Å²) in [5.41, 5.74) is 0.873. The zero-order chi connectivity index (χ0) is 40.9. The largest absolute Gasteiger partial charge is 0.506 e. The fourth-order valence-corrected chi connectivity index (χ4v) is 6.61. The first-order chi connectivity index (χ1) is 26.3. The Balaban J connectivity index is 0.000000248. The summed E-state index contributed by atoms with van der Waals surface area (Å²) in [4.78, 5) is 22.9. The van der Waals surface area contributed by atoms with Gasteiger partial charge in [-0.25, -0.2) is 16.8 Å². The van der Waals surface area contributed by atoms with Gasteiger partial charge in [-0.05, 0) is 71.4 Å². The Bertz CT molecular complexity index is 2640. The molecule has 6 aromatic rings. The molecule has 57 heavy (non-hydrogen) atoms. The predicted octanol–water partition coefficient (Wildman–Crippen LogP) is 8.05. The molecule has 0 saturated heterocycles. The third-order valence-electron chi connectivity index (χ3n) is 7.88. The Labute approximate surface area is 337 Å². The summed E-state index contributed by atoms with van der Waals surface area (Å²) >= 11 is 0. The van der Waals surface area contributed by atoms with Crippen molar-refractivity contribution in [2.45, 2.75) is 23.6 Å². The number of rotatable bonds is 8. The number of carbonyl (C=O) groups is 2. The van der Waals surface area contributed by atoms with Gasteiger partial charge in [0.15, 0.2) is 19.7 Å². The summed E-state index contributed by atoms with van der Waals surface area (Å²) in [6, 6.07) is 23.8. The van der Waals surface area contributed by atoms with Crippen molar-refractivity contribution in [3.8, 4) is 23.0 Å². The molecule has 6 aromatic carbocycles. The molecule has 0 radical (unpaired) electrons. The predicted molar refractivity (Wildman–Crippen MR) is 211 cm³/mol. The Morgan fingerprint density at radius 1 is 0.509 bits per heavy atom. The van der Waals surface area contributed by atoms with E-state index in [9.17, 15) is 46.9 Å². The van der Waals surface area contributed by atoms with Gasteiger partial charge in [-0.3, -0.25) is 9.59 Å². The Morgan fingerprint density at radius 2 is 0.860 bits per heavy atom. The molecule has 294 valence electrons. The minimum atomic E-state index is -3.50. The van der Waals surface area contributed by atoms with Crippen LogP contribution in [-0.4, -0.2) is 61.6 Å². The molecular weight excluding hydrogens is 817 g/mol. The number of aromatic hydroxyl groups is 4. The van der Waals surface area contributed by atoms with Gasteiger partial charge in [-0.15, -0.1) is 20.5 Å². The number of nitrogens with zero attached hydrogens (tertiary/aromatic N) is 4. The van der Waals surface area contributed by atoms with Crippen LogP contribution in [0.5, 0.6) is 23.0 Å². The average Bonchev–Trinajstić information content (AvgIpc) is 3.11. The van der Waals surface area contributed by atoms with Gasteiger partial charge in [-0.2, -0.15) is 0 Å². The second-order valence-corrected chi connectivity index (χ2v) is 16.3. The minimum absolute atomic E-state index is 0. The van der Waals surface area contributed by atoms with Crippen molar-refractivity contribution in [3.05, 3.63) is 97.1 Å². The van der Waals surface area contributed by atoms with Crippen molar-refractivity contribution in [2.24, 2.45) is 20.5 Å². The van der Waals surface area contributed by atoms with Gasteiger partial charge in [0.25, 0.3) is 0 Å². The molecule has 0 aliphatic heterocycles. The van der Waals surface area contributed by atoms with Crippen molar-refractivity contribution < 1.29 is 64.2 Å². The summed E-state index contributed by atoms with van der Waals surface area (Å²) in [5, 5.41) is 64.0. The van der Waals surface area contributed by atoms with E-state index in [0.717, 1.165) is 12.5 Å². The van der Waals surface area contributed by atoms with Crippen LogP contribution in [0, 0.1) is 0 Å². The molecule has 16 nitrogen and oxygen atoms in total. The Morgan fingerprint density at radius 3 is 1.19 bits per heavy atom. The van der Waals surface area contributed by atoms with E-state index in [-0.39, 0.29) is 84.7 Å². The van der Waals surface area contributed by atoms with E-state index in [1.165, 1.54) is 62.4 Å². The third-order valence-corrected chi connectivity index (χ3v) is 10.1. The van der Waals surface area contributed by atoms with Gasteiger partial charge in [0.2, 0.25) is 11.8 Å². The number of carbonyl (C=O) groups excluding carboxylic acids is 2. The van der Waals surface area contributed by atoms with Crippen molar-refractivity contribution in [3.63, 3.8) is 0 Å². The number of fused-ring (bicyclic) bond motifs is 2. The SMILES string of the molecule is CC(=O)Nc1cccc2ccc(O)c(N=Nc3cc(S(C)(=O)=O)ccc3O)c12.CC(=O)Nc1cccc2ccc(O)c(N=Nc3cc(S(C)(=O)=O)ccc3O)c12.[Cr]. The van der Waals surface area contributed by atoms with Crippen molar-refractivity contribution in [2.75, 3.05) is 23.1 Å². The zero-order valence-corrected chi connectivity index (χ0v) is 33.4. The van der Waals surface area contributed by atoms with Gasteiger partial charge < -0.3 is 31.1 Å². The maximum atomic E-state index is 11.7. The first-order valence-electron chi connectivity index (χ1n) is 16.3. The van der Waals surface area contributed by atoms with Crippen LogP contribution in [0.1, 0.15) is 13.8 Å². The molecule has 0 unspecified atom stereocenters. The van der Waals surface area contributed by atoms with Crippen molar-refractivity contribution in [1.82, 2.24) is 0 Å². The van der Waals surface area contributed by atoms with Crippen LogP contribution in [0.4, 0.5) is 34.1 Å². The number of benzene rings is 6. The fourth-order valence-electron chi connectivity index (χ4n) is 5.32. The molecule has 0 spiro atoms. The zero-order valence-electron chi connectivity index (χ0n) is 30.5. The molecule has 6 N–H and O–H groups in total. The topological polar surface area (TPSA) is 257 Å². The van der Waals surface area contributed by atoms with Gasteiger partial charge in [0.05, 0.1) is 21.2 Å². The van der Waals surface area contributed by atoms with Crippen LogP contribution >= 0.6 is 0 Å². The third kappa shape index (κ3) is 10.5. The van der Waals surface area contributed by atoms with Crippen LogP contribution < -0.4 is 10.6 Å². The second kappa shape index (κ2) is 17.6. The number of hydrogen-bond acceptors (Lipinski definition) is 14. The summed E-state index contributed by atoms with van der Waals surface area (Å²) < 4.78 is 46.9. The number of amides is 2. The molecule has 0 atom stereocenters. The summed E-state index contributed by atoms with van der Waals surface area (Å²) in [6.07, 6.45) is 2.08. The molecular formula is C38H34CrN6O10S2. The number of azo groups is 2. The smallest absolute Gasteiger partial charge is 0.221 e. The number of anilines is 2. The van der Waals surface area contributed by atoms with E-state index in [1.807, 2.05) is 0 Å². The summed E-state index contributed by atoms with van der Waals surface area (Å²) in [7, 11) is -7.00. The number of sulfone groups is 2. The van der Waals surface area contributed by atoms with E-state index in [4.69, 9.17) is 0 Å². The molecule has 0 heterocycles. The van der Waals surface area contributed by atoms with Gasteiger partial charge >= 0.3 is 0 Å². The quantitative estimate of drug-likeness (QED) is 0.0803. The van der Waals surface area contributed by atoms with E-state index in [2.05, 4.69) is 31.1 Å². The van der Waals surface area contributed by atoms with E-state index >= 15 is 0 Å². The number of hydrogen-bond donors (Lipinski definition) is 6. The molecule has 0 aromatic heterocycles. The monoisotopic (exact) mass is 850 g/mol. The van der Waals surface area contributed by atoms with E-state index < -0.39 is 19.7 Å². The first kappa shape index (κ1) is 43.3. The van der Waals surface area contributed by atoms with Crippen LogP contribution in [0.2, 0.25) is 0 Å². The number of phenols is 4. The first-order valence-corrected chi connectivity index (χ1v) is 20.1. The molecule has 0 fully saturated rings. The minimum Gasteiger partial charge on any atom is -0.506 e. The second-order valence-electron chi connectivity index (χ2n) is 12.3. The fraction of sp³-hybridized carbons (Fsp3) is 0.105. The molecule has 0 aliphatic carbocycles.